The van der Waals surface area contributed by atoms with Crippen molar-refractivity contribution in [3.05, 3.63) is 28.2 Å². The smallest absolute Gasteiger partial charge is 0.124 e. The number of hydrogen-bond acceptors (Lipinski definition) is 2. The third kappa shape index (κ3) is 3.72. The largest absolute Gasteiger partial charge is 0.494 e. The van der Waals surface area contributed by atoms with Crippen molar-refractivity contribution in [1.29, 1.82) is 0 Å². The molecule has 1 rings (SSSR count). The van der Waals surface area contributed by atoms with Crippen LogP contribution in [0.15, 0.2) is 22.7 Å². The predicted molar refractivity (Wildman–Crippen MR) is 81.2 cm³/mol. The van der Waals surface area contributed by atoms with Crippen LogP contribution in [0.3, 0.4) is 0 Å². The second kappa shape index (κ2) is 7.80. The minimum absolute atomic E-state index is 0.346. The second-order valence-electron chi connectivity index (χ2n) is 4.46. The molecule has 1 unspecified atom stereocenters. The normalized spacial score (nSPS) is 12.8. The van der Waals surface area contributed by atoms with Crippen molar-refractivity contribution >= 4 is 15.9 Å². The van der Waals surface area contributed by atoms with E-state index in [0.717, 1.165) is 10.2 Å². The van der Waals surface area contributed by atoms with Crippen LogP contribution in [-0.4, -0.2) is 13.7 Å². The molecule has 1 aromatic carbocycles. The van der Waals surface area contributed by atoms with Gasteiger partial charge in [0, 0.05) is 16.1 Å². The molecule has 0 saturated carbocycles. The molecule has 0 saturated heterocycles. The lowest BCUT2D eigenvalue weighted by atomic mass is 9.88. The Morgan fingerprint density at radius 2 is 1.89 bits per heavy atom. The first-order valence-corrected chi connectivity index (χ1v) is 7.56. The van der Waals surface area contributed by atoms with Gasteiger partial charge in [-0.05, 0) is 38.1 Å². The van der Waals surface area contributed by atoms with Crippen molar-refractivity contribution in [1.82, 2.24) is 5.32 Å². The van der Waals surface area contributed by atoms with Crippen LogP contribution in [0.2, 0.25) is 0 Å². The Labute approximate surface area is 119 Å². The molecule has 2 nitrogen and oxygen atoms in total. The number of ether oxygens (including phenoxy) is 1. The molecular weight excluding hydrogens is 290 g/mol. The summed E-state index contributed by atoms with van der Waals surface area (Å²) in [4.78, 5) is 0. The van der Waals surface area contributed by atoms with Gasteiger partial charge in [0.05, 0.1) is 6.61 Å². The van der Waals surface area contributed by atoms with Gasteiger partial charge in [-0.3, -0.25) is 0 Å². The van der Waals surface area contributed by atoms with Crippen LogP contribution in [0.1, 0.15) is 45.2 Å². The highest BCUT2D eigenvalue weighted by Crippen LogP contribution is 2.35. The zero-order valence-corrected chi connectivity index (χ0v) is 13.4. The summed E-state index contributed by atoms with van der Waals surface area (Å²) in [6.45, 7) is 7.22. The highest BCUT2D eigenvalue weighted by molar-refractivity contribution is 9.10. The second-order valence-corrected chi connectivity index (χ2v) is 5.37. The molecule has 0 aromatic heterocycles. The maximum absolute atomic E-state index is 5.75. The van der Waals surface area contributed by atoms with Crippen molar-refractivity contribution in [2.45, 2.75) is 39.7 Å². The van der Waals surface area contributed by atoms with E-state index in [-0.39, 0.29) is 0 Å². The summed E-state index contributed by atoms with van der Waals surface area (Å²) >= 11 is 3.55. The van der Waals surface area contributed by atoms with E-state index >= 15 is 0 Å². The molecular formula is C15H24BrNO. The van der Waals surface area contributed by atoms with Gasteiger partial charge in [-0.25, -0.2) is 0 Å². The van der Waals surface area contributed by atoms with Crippen LogP contribution in [0.25, 0.3) is 0 Å². The van der Waals surface area contributed by atoms with E-state index in [1.165, 1.54) is 18.4 Å². The third-order valence-electron chi connectivity index (χ3n) is 3.44. The maximum Gasteiger partial charge on any atom is 0.124 e. The zero-order chi connectivity index (χ0) is 13.5. The topological polar surface area (TPSA) is 21.3 Å². The Bertz CT molecular complexity index is 364. The van der Waals surface area contributed by atoms with E-state index in [9.17, 15) is 0 Å². The molecule has 0 aliphatic heterocycles. The van der Waals surface area contributed by atoms with Crippen molar-refractivity contribution in [3.63, 3.8) is 0 Å². The van der Waals surface area contributed by atoms with E-state index < -0.39 is 0 Å². The molecule has 1 aromatic rings. The van der Waals surface area contributed by atoms with Gasteiger partial charge in [0.25, 0.3) is 0 Å². The molecule has 0 radical (unpaired) electrons. The molecule has 0 bridgehead atoms. The van der Waals surface area contributed by atoms with Gasteiger partial charge in [0.15, 0.2) is 0 Å². The fraction of sp³-hybridized carbons (Fsp3) is 0.600. The molecule has 0 aliphatic rings. The average Bonchev–Trinajstić information content (AvgIpc) is 2.38. The molecule has 1 N–H and O–H groups in total. The van der Waals surface area contributed by atoms with Gasteiger partial charge in [-0.1, -0.05) is 42.6 Å². The summed E-state index contributed by atoms with van der Waals surface area (Å²) in [6.07, 6.45) is 2.33. The van der Waals surface area contributed by atoms with Crippen LogP contribution in [-0.2, 0) is 0 Å². The monoisotopic (exact) mass is 313 g/mol. The molecule has 0 spiro atoms. The minimum atomic E-state index is 0.346. The highest BCUT2D eigenvalue weighted by Gasteiger charge is 2.22. The SMILES string of the molecule is CCOc1ccc(Br)cc1C(NC)C(CC)CC. The van der Waals surface area contributed by atoms with E-state index in [0.29, 0.717) is 18.6 Å². The molecule has 0 fully saturated rings. The Balaban J connectivity index is 3.13. The third-order valence-corrected chi connectivity index (χ3v) is 3.93. The lowest BCUT2D eigenvalue weighted by molar-refractivity contribution is 0.311. The van der Waals surface area contributed by atoms with Crippen LogP contribution in [0.4, 0.5) is 0 Å². The van der Waals surface area contributed by atoms with Gasteiger partial charge in [-0.15, -0.1) is 0 Å². The summed E-state index contributed by atoms with van der Waals surface area (Å²) in [7, 11) is 2.03. The Hall–Kier alpha value is -0.540. The predicted octanol–water partition coefficient (Wildman–Crippen LogP) is 4.54. The number of hydrogen-bond donors (Lipinski definition) is 1. The maximum atomic E-state index is 5.75. The van der Waals surface area contributed by atoms with Gasteiger partial charge < -0.3 is 10.1 Å². The van der Waals surface area contributed by atoms with Crippen molar-refractivity contribution in [2.24, 2.45) is 5.92 Å². The molecule has 3 heteroatoms. The molecule has 18 heavy (non-hydrogen) atoms. The van der Waals surface area contributed by atoms with Gasteiger partial charge in [0.1, 0.15) is 5.75 Å². The fourth-order valence-corrected chi connectivity index (χ4v) is 2.83. The highest BCUT2D eigenvalue weighted by atomic mass is 79.9. The van der Waals surface area contributed by atoms with E-state index in [4.69, 9.17) is 4.74 Å². The molecule has 102 valence electrons. The van der Waals surface area contributed by atoms with Crippen LogP contribution in [0.5, 0.6) is 5.75 Å². The van der Waals surface area contributed by atoms with Crippen molar-refractivity contribution in [2.75, 3.05) is 13.7 Å². The average molecular weight is 314 g/mol. The molecule has 1 atom stereocenters. The lowest BCUT2D eigenvalue weighted by Crippen LogP contribution is -2.25. The van der Waals surface area contributed by atoms with Crippen LogP contribution >= 0.6 is 15.9 Å². The summed E-state index contributed by atoms with van der Waals surface area (Å²) in [6, 6.07) is 6.60. The Morgan fingerprint density at radius 1 is 1.22 bits per heavy atom. The summed E-state index contributed by atoms with van der Waals surface area (Å²) in [5.74, 6) is 1.62. The zero-order valence-electron chi connectivity index (χ0n) is 11.8. The van der Waals surface area contributed by atoms with Gasteiger partial charge in [-0.2, -0.15) is 0 Å². The summed E-state index contributed by atoms with van der Waals surface area (Å²) in [5.41, 5.74) is 1.25. The molecule has 0 aliphatic carbocycles. The van der Waals surface area contributed by atoms with E-state index in [2.05, 4.69) is 47.2 Å². The van der Waals surface area contributed by atoms with Crippen LogP contribution < -0.4 is 10.1 Å². The first-order valence-electron chi connectivity index (χ1n) is 6.77. The van der Waals surface area contributed by atoms with Crippen molar-refractivity contribution in [3.8, 4) is 5.75 Å². The number of nitrogens with one attached hydrogen (secondary N) is 1. The Morgan fingerprint density at radius 3 is 2.39 bits per heavy atom. The Kier molecular flexibility index (Phi) is 6.72. The fourth-order valence-electron chi connectivity index (χ4n) is 2.45. The quantitative estimate of drug-likeness (QED) is 0.797. The lowest BCUT2D eigenvalue weighted by Gasteiger charge is -2.27. The summed E-state index contributed by atoms with van der Waals surface area (Å²) in [5, 5.41) is 3.45. The number of halogens is 1. The van der Waals surface area contributed by atoms with E-state index in [1.54, 1.807) is 0 Å². The summed E-state index contributed by atoms with van der Waals surface area (Å²) < 4.78 is 6.86. The first kappa shape index (κ1) is 15.5. The van der Waals surface area contributed by atoms with Crippen molar-refractivity contribution < 1.29 is 4.74 Å². The number of rotatable bonds is 7. The van der Waals surface area contributed by atoms with Gasteiger partial charge >= 0.3 is 0 Å². The molecule has 0 heterocycles. The molecule has 0 amide bonds. The standard InChI is InChI=1S/C15H24BrNO/c1-5-11(6-2)15(17-4)13-10-12(16)8-9-14(13)18-7-3/h8-11,15,17H,5-7H2,1-4H3. The minimum Gasteiger partial charge on any atom is -0.494 e. The van der Waals surface area contributed by atoms with Crippen LogP contribution in [0, 0.1) is 5.92 Å². The first-order chi connectivity index (χ1) is 8.67. The van der Waals surface area contributed by atoms with Gasteiger partial charge in [0.2, 0.25) is 0 Å². The number of benzene rings is 1. The van der Waals surface area contributed by atoms with E-state index in [1.807, 2.05) is 20.0 Å².